The fourth-order valence-corrected chi connectivity index (χ4v) is 3.73. The molecule has 0 spiro atoms. The lowest BCUT2D eigenvalue weighted by Crippen LogP contribution is -2.23. The second-order valence-corrected chi connectivity index (χ2v) is 6.95. The van der Waals surface area contributed by atoms with Gasteiger partial charge in [0, 0.05) is 6.04 Å². The highest BCUT2D eigenvalue weighted by molar-refractivity contribution is 7.99. The van der Waals surface area contributed by atoms with E-state index in [2.05, 4.69) is 4.98 Å². The summed E-state index contributed by atoms with van der Waals surface area (Å²) >= 11 is 1.19. The van der Waals surface area contributed by atoms with Crippen molar-refractivity contribution in [2.24, 2.45) is 0 Å². The molecule has 0 saturated heterocycles. The quantitative estimate of drug-likeness (QED) is 0.397. The predicted molar refractivity (Wildman–Crippen MR) is 95.7 cm³/mol. The third-order valence-corrected chi connectivity index (χ3v) is 5.15. The first-order chi connectivity index (χ1) is 12.1. The van der Waals surface area contributed by atoms with Crippen LogP contribution in [0.25, 0.3) is 10.9 Å². The number of aromatic nitrogens is 2. The molecule has 4 nitrogen and oxygen atoms in total. The Morgan fingerprint density at radius 2 is 1.88 bits per heavy atom. The minimum absolute atomic E-state index is 0.0401. The van der Waals surface area contributed by atoms with Gasteiger partial charge in [-0.25, -0.2) is 9.37 Å². The summed E-state index contributed by atoms with van der Waals surface area (Å²) < 4.78 is 15.4. The maximum atomic E-state index is 13.8. The monoisotopic (exact) mass is 354 g/mol. The summed E-state index contributed by atoms with van der Waals surface area (Å²) in [5.74, 6) is -0.801. The Bertz CT molecular complexity index is 1030. The third kappa shape index (κ3) is 3.09. The van der Waals surface area contributed by atoms with Gasteiger partial charge in [-0.1, -0.05) is 36.0 Å². The topological polar surface area (TPSA) is 52.0 Å². The summed E-state index contributed by atoms with van der Waals surface area (Å²) in [6.45, 7) is 0. The number of thioether (sulfide) groups is 1. The number of para-hydroxylation sites is 1. The second kappa shape index (κ2) is 6.44. The van der Waals surface area contributed by atoms with Crippen LogP contribution < -0.4 is 5.56 Å². The Balaban J connectivity index is 1.67. The minimum Gasteiger partial charge on any atom is -0.293 e. The molecule has 1 fully saturated rings. The van der Waals surface area contributed by atoms with Gasteiger partial charge in [-0.3, -0.25) is 14.2 Å². The van der Waals surface area contributed by atoms with Crippen molar-refractivity contribution in [1.82, 2.24) is 9.55 Å². The largest absolute Gasteiger partial charge is 0.293 e. The van der Waals surface area contributed by atoms with Gasteiger partial charge in [0.1, 0.15) is 5.82 Å². The fraction of sp³-hybridized carbons (Fsp3) is 0.211. The molecule has 1 aliphatic rings. The van der Waals surface area contributed by atoms with Crippen LogP contribution >= 0.6 is 11.8 Å². The van der Waals surface area contributed by atoms with Crippen LogP contribution in [0, 0.1) is 5.82 Å². The van der Waals surface area contributed by atoms with Crippen LogP contribution in [0.2, 0.25) is 0 Å². The number of hydrogen-bond acceptors (Lipinski definition) is 4. The van der Waals surface area contributed by atoms with Crippen molar-refractivity contribution in [1.29, 1.82) is 0 Å². The third-order valence-electron chi connectivity index (χ3n) is 4.19. The van der Waals surface area contributed by atoms with E-state index in [-0.39, 0.29) is 28.7 Å². The zero-order valence-corrected chi connectivity index (χ0v) is 14.1. The summed E-state index contributed by atoms with van der Waals surface area (Å²) in [6.07, 6.45) is 1.88. The number of Topliss-reactive ketones (excluding diaryl/α,β-unsaturated/α-hetero) is 1. The summed E-state index contributed by atoms with van der Waals surface area (Å²) in [4.78, 5) is 29.6. The molecule has 3 aromatic rings. The van der Waals surface area contributed by atoms with Gasteiger partial charge < -0.3 is 0 Å². The van der Waals surface area contributed by atoms with Crippen LogP contribution in [0.5, 0.6) is 0 Å². The number of halogens is 1. The Morgan fingerprint density at radius 1 is 1.16 bits per heavy atom. The van der Waals surface area contributed by atoms with Crippen molar-refractivity contribution >= 4 is 28.4 Å². The number of nitrogens with zero attached hydrogens (tertiary/aromatic N) is 2. The summed E-state index contributed by atoms with van der Waals surface area (Å²) in [5, 5.41) is 1.11. The first-order valence-electron chi connectivity index (χ1n) is 8.07. The Hall–Kier alpha value is -2.47. The number of ketones is 1. The maximum Gasteiger partial charge on any atom is 0.262 e. The molecule has 1 heterocycles. The number of carbonyl (C=O) groups is 1. The fourth-order valence-electron chi connectivity index (χ4n) is 2.78. The van der Waals surface area contributed by atoms with E-state index in [0.29, 0.717) is 16.1 Å². The SMILES string of the molecule is O=C(CSc1nc2ccccc2c(=O)n1C1CC1)c1ccccc1F. The molecule has 0 aliphatic heterocycles. The molecule has 0 amide bonds. The molecule has 1 saturated carbocycles. The van der Waals surface area contributed by atoms with Crippen LogP contribution in [0.3, 0.4) is 0 Å². The molecule has 0 radical (unpaired) electrons. The van der Waals surface area contributed by atoms with Gasteiger partial charge >= 0.3 is 0 Å². The van der Waals surface area contributed by atoms with Crippen molar-refractivity contribution in [2.45, 2.75) is 24.0 Å². The molecule has 4 rings (SSSR count). The van der Waals surface area contributed by atoms with E-state index in [4.69, 9.17) is 0 Å². The van der Waals surface area contributed by atoms with E-state index in [1.54, 1.807) is 28.8 Å². The van der Waals surface area contributed by atoms with Crippen LogP contribution in [-0.4, -0.2) is 21.1 Å². The smallest absolute Gasteiger partial charge is 0.262 e. The van der Waals surface area contributed by atoms with Crippen LogP contribution in [0.1, 0.15) is 29.2 Å². The lowest BCUT2D eigenvalue weighted by molar-refractivity contribution is 0.101. The lowest BCUT2D eigenvalue weighted by atomic mass is 10.1. The van der Waals surface area contributed by atoms with Gasteiger partial charge in [0.15, 0.2) is 10.9 Å². The van der Waals surface area contributed by atoms with E-state index >= 15 is 0 Å². The predicted octanol–water partition coefficient (Wildman–Crippen LogP) is 3.85. The van der Waals surface area contributed by atoms with Crippen molar-refractivity contribution in [3.63, 3.8) is 0 Å². The number of carbonyl (C=O) groups excluding carboxylic acids is 1. The first kappa shape index (κ1) is 16.0. The molecule has 1 aliphatic carbocycles. The highest BCUT2D eigenvalue weighted by Gasteiger charge is 2.28. The molecule has 0 bridgehead atoms. The molecule has 126 valence electrons. The summed E-state index contributed by atoms with van der Waals surface area (Å²) in [6, 6.07) is 13.3. The maximum absolute atomic E-state index is 13.8. The first-order valence-corrected chi connectivity index (χ1v) is 9.05. The molecular weight excluding hydrogens is 339 g/mol. The normalized spacial score (nSPS) is 14.0. The highest BCUT2D eigenvalue weighted by atomic mass is 32.2. The van der Waals surface area contributed by atoms with Crippen LogP contribution in [0.4, 0.5) is 4.39 Å². The van der Waals surface area contributed by atoms with Gasteiger partial charge in [0.05, 0.1) is 22.2 Å². The van der Waals surface area contributed by atoms with Gasteiger partial charge in [-0.15, -0.1) is 0 Å². The Kier molecular flexibility index (Phi) is 4.13. The van der Waals surface area contributed by atoms with Gasteiger partial charge in [-0.05, 0) is 37.1 Å². The molecule has 0 unspecified atom stereocenters. The van der Waals surface area contributed by atoms with Crippen LogP contribution in [-0.2, 0) is 0 Å². The Morgan fingerprint density at radius 3 is 2.64 bits per heavy atom. The van der Waals surface area contributed by atoms with Crippen molar-refractivity contribution < 1.29 is 9.18 Å². The molecular formula is C19H15FN2O2S. The zero-order valence-electron chi connectivity index (χ0n) is 13.3. The van der Waals surface area contributed by atoms with E-state index in [1.807, 2.05) is 12.1 Å². The molecule has 2 aromatic carbocycles. The van der Waals surface area contributed by atoms with Crippen molar-refractivity contribution in [3.05, 3.63) is 70.3 Å². The standard InChI is InChI=1S/C19H15FN2O2S/c20-15-7-3-1-5-13(15)17(23)11-25-19-21-16-8-4-2-6-14(16)18(24)22(19)12-9-10-12/h1-8,12H,9-11H2. The average Bonchev–Trinajstić information content (AvgIpc) is 3.45. The van der Waals surface area contributed by atoms with Crippen LogP contribution in [0.15, 0.2) is 58.5 Å². The molecule has 6 heteroatoms. The van der Waals surface area contributed by atoms with Gasteiger partial charge in [0.2, 0.25) is 0 Å². The average molecular weight is 354 g/mol. The molecule has 1 aromatic heterocycles. The lowest BCUT2D eigenvalue weighted by Gasteiger charge is -2.12. The number of rotatable bonds is 5. The minimum atomic E-state index is -0.529. The number of hydrogen-bond donors (Lipinski definition) is 0. The van der Waals surface area contributed by atoms with Gasteiger partial charge in [-0.2, -0.15) is 0 Å². The molecule has 25 heavy (non-hydrogen) atoms. The van der Waals surface area contributed by atoms with E-state index in [9.17, 15) is 14.0 Å². The highest BCUT2D eigenvalue weighted by Crippen LogP contribution is 2.36. The Labute approximate surface area is 147 Å². The molecule has 0 atom stereocenters. The molecule has 0 N–H and O–H groups in total. The summed E-state index contributed by atoms with van der Waals surface area (Å²) in [5.41, 5.74) is 0.607. The summed E-state index contributed by atoms with van der Waals surface area (Å²) in [7, 11) is 0. The van der Waals surface area contributed by atoms with Gasteiger partial charge in [0.25, 0.3) is 5.56 Å². The van der Waals surface area contributed by atoms with E-state index < -0.39 is 5.82 Å². The van der Waals surface area contributed by atoms with E-state index in [1.165, 1.54) is 23.9 Å². The second-order valence-electron chi connectivity index (χ2n) is 6.01. The van der Waals surface area contributed by atoms with E-state index in [0.717, 1.165) is 12.8 Å². The zero-order chi connectivity index (χ0) is 17.4. The van der Waals surface area contributed by atoms with Crippen molar-refractivity contribution in [3.8, 4) is 0 Å². The number of fused-ring (bicyclic) bond motifs is 1. The number of benzene rings is 2. The van der Waals surface area contributed by atoms with Crippen molar-refractivity contribution in [2.75, 3.05) is 5.75 Å².